The number of ether oxygens (including phenoxy) is 3. The average Bonchev–Trinajstić information content (AvgIpc) is 1.88. The van der Waals surface area contributed by atoms with Crippen molar-refractivity contribution in [2.75, 3.05) is 34.5 Å². The van der Waals surface area contributed by atoms with Gasteiger partial charge < -0.3 is 14.2 Å². The summed E-state index contributed by atoms with van der Waals surface area (Å²) in [5.41, 5.74) is 0. The van der Waals surface area contributed by atoms with Crippen molar-refractivity contribution in [1.29, 1.82) is 0 Å². The first kappa shape index (κ1) is 8.88. The zero-order valence-corrected chi connectivity index (χ0v) is 6.14. The van der Waals surface area contributed by atoms with Crippen LogP contribution in [0.1, 0.15) is 0 Å². The number of hydrogen-bond donors (Lipinski definition) is 0. The molecule has 0 spiro atoms. The summed E-state index contributed by atoms with van der Waals surface area (Å²) in [6.45, 7) is 1.01. The van der Waals surface area contributed by atoms with Crippen LogP contribution in [0.3, 0.4) is 0 Å². The molecule has 3 heteroatoms. The van der Waals surface area contributed by atoms with Crippen LogP contribution in [-0.4, -0.2) is 34.5 Å². The van der Waals surface area contributed by atoms with Crippen molar-refractivity contribution in [1.82, 2.24) is 0 Å². The Morgan fingerprint density at radius 2 is 1.44 bits per heavy atom. The lowest BCUT2D eigenvalue weighted by Crippen LogP contribution is -2.13. The third-order valence-corrected chi connectivity index (χ3v) is 0.899. The molecular weight excluding hydrogens is 120 g/mol. The molecule has 0 bridgehead atoms. The summed E-state index contributed by atoms with van der Waals surface area (Å²) in [7, 11) is 4.84. The van der Waals surface area contributed by atoms with Crippen molar-refractivity contribution in [2.24, 2.45) is 0 Å². The smallest absolute Gasteiger partial charge is 0.147 e. The van der Waals surface area contributed by atoms with Crippen LogP contribution in [0.25, 0.3) is 0 Å². The van der Waals surface area contributed by atoms with Crippen molar-refractivity contribution >= 4 is 0 Å². The Morgan fingerprint density at radius 3 is 1.67 bits per heavy atom. The van der Waals surface area contributed by atoms with Crippen molar-refractivity contribution in [3.63, 3.8) is 0 Å². The SMILES string of the molecule is COC[C](COC)OC. The molecule has 55 valence electrons. The molecular formula is C6H13O3. The molecule has 0 aromatic carbocycles. The normalized spacial score (nSPS) is 10.7. The summed E-state index contributed by atoms with van der Waals surface area (Å²) in [5.74, 6) is 0. The Labute approximate surface area is 55.9 Å². The molecule has 0 N–H and O–H groups in total. The molecule has 0 rings (SSSR count). The second kappa shape index (κ2) is 6.01. The van der Waals surface area contributed by atoms with E-state index in [1.165, 1.54) is 0 Å². The van der Waals surface area contributed by atoms with Gasteiger partial charge in [0.25, 0.3) is 0 Å². The number of hydrogen-bond acceptors (Lipinski definition) is 3. The Morgan fingerprint density at radius 1 is 1.00 bits per heavy atom. The van der Waals surface area contributed by atoms with E-state index in [1.54, 1.807) is 21.3 Å². The highest BCUT2D eigenvalue weighted by molar-refractivity contribution is 4.75. The molecule has 1 radical (unpaired) electrons. The highest BCUT2D eigenvalue weighted by atomic mass is 16.5. The Bertz CT molecular complexity index is 50.3. The van der Waals surface area contributed by atoms with Crippen LogP contribution < -0.4 is 0 Å². The zero-order chi connectivity index (χ0) is 7.11. The molecule has 0 aliphatic heterocycles. The van der Waals surface area contributed by atoms with Crippen molar-refractivity contribution < 1.29 is 14.2 Å². The second-order valence-electron chi connectivity index (χ2n) is 1.61. The molecule has 0 atom stereocenters. The van der Waals surface area contributed by atoms with Gasteiger partial charge in [0.2, 0.25) is 0 Å². The van der Waals surface area contributed by atoms with E-state index in [0.717, 1.165) is 6.10 Å². The van der Waals surface area contributed by atoms with Gasteiger partial charge in [0.05, 0.1) is 13.2 Å². The topological polar surface area (TPSA) is 27.7 Å². The molecule has 0 unspecified atom stereocenters. The van der Waals surface area contributed by atoms with Crippen molar-refractivity contribution in [3.8, 4) is 0 Å². The highest BCUT2D eigenvalue weighted by Crippen LogP contribution is 1.99. The van der Waals surface area contributed by atoms with Gasteiger partial charge in [0, 0.05) is 21.3 Å². The predicted octanol–water partition coefficient (Wildman–Crippen LogP) is 0.458. The van der Waals surface area contributed by atoms with Gasteiger partial charge in [0.15, 0.2) is 0 Å². The van der Waals surface area contributed by atoms with E-state index < -0.39 is 0 Å². The van der Waals surface area contributed by atoms with Crippen LogP contribution in [0.4, 0.5) is 0 Å². The van der Waals surface area contributed by atoms with Crippen molar-refractivity contribution in [2.45, 2.75) is 0 Å². The first-order valence-electron chi connectivity index (χ1n) is 2.71. The Balaban J connectivity index is 3.18. The molecule has 0 saturated heterocycles. The highest BCUT2D eigenvalue weighted by Gasteiger charge is 2.05. The van der Waals surface area contributed by atoms with Crippen LogP contribution in [0, 0.1) is 6.10 Å². The summed E-state index contributed by atoms with van der Waals surface area (Å²) in [4.78, 5) is 0. The average molecular weight is 133 g/mol. The minimum Gasteiger partial charge on any atom is -0.381 e. The van der Waals surface area contributed by atoms with E-state index in [0.29, 0.717) is 13.2 Å². The van der Waals surface area contributed by atoms with Gasteiger partial charge in [-0.1, -0.05) is 0 Å². The molecule has 9 heavy (non-hydrogen) atoms. The molecule has 0 aromatic heterocycles. The lowest BCUT2D eigenvalue weighted by Gasteiger charge is -2.10. The molecule has 0 amide bonds. The lowest BCUT2D eigenvalue weighted by atomic mass is 10.4. The van der Waals surface area contributed by atoms with Gasteiger partial charge in [-0.25, -0.2) is 0 Å². The molecule has 0 aromatic rings. The third kappa shape index (κ3) is 4.39. The van der Waals surface area contributed by atoms with E-state index >= 15 is 0 Å². The summed E-state index contributed by atoms with van der Waals surface area (Å²) < 4.78 is 14.5. The maximum atomic E-state index is 4.90. The van der Waals surface area contributed by atoms with Crippen LogP contribution in [-0.2, 0) is 14.2 Å². The Hall–Kier alpha value is -0.120. The standard InChI is InChI=1S/C6H13O3/c1-7-4-6(9-3)5-8-2/h4-5H2,1-3H3. The molecule has 0 aliphatic rings. The van der Waals surface area contributed by atoms with Crippen molar-refractivity contribution in [3.05, 3.63) is 6.10 Å². The van der Waals surface area contributed by atoms with Crippen LogP contribution in [0.2, 0.25) is 0 Å². The van der Waals surface area contributed by atoms with Gasteiger partial charge in [-0.2, -0.15) is 0 Å². The van der Waals surface area contributed by atoms with Gasteiger partial charge >= 0.3 is 0 Å². The number of methoxy groups -OCH3 is 3. The molecule has 0 fully saturated rings. The lowest BCUT2D eigenvalue weighted by molar-refractivity contribution is 0.0532. The van der Waals surface area contributed by atoms with E-state index in [1.807, 2.05) is 0 Å². The minimum absolute atomic E-state index is 0.504. The maximum absolute atomic E-state index is 4.90. The van der Waals surface area contributed by atoms with E-state index in [-0.39, 0.29) is 0 Å². The van der Waals surface area contributed by atoms with E-state index in [4.69, 9.17) is 14.2 Å². The van der Waals surface area contributed by atoms with Gasteiger partial charge in [-0.3, -0.25) is 0 Å². The van der Waals surface area contributed by atoms with Gasteiger partial charge in [-0.05, 0) is 0 Å². The monoisotopic (exact) mass is 133 g/mol. The van der Waals surface area contributed by atoms with E-state index in [2.05, 4.69) is 0 Å². The third-order valence-electron chi connectivity index (χ3n) is 0.899. The summed E-state index contributed by atoms with van der Waals surface area (Å²) in [6.07, 6.45) is 0.806. The maximum Gasteiger partial charge on any atom is 0.147 e. The molecule has 3 nitrogen and oxygen atoms in total. The van der Waals surface area contributed by atoms with Crippen LogP contribution in [0.5, 0.6) is 0 Å². The molecule has 0 heterocycles. The summed E-state index contributed by atoms with van der Waals surface area (Å²) >= 11 is 0. The van der Waals surface area contributed by atoms with Crippen LogP contribution in [0.15, 0.2) is 0 Å². The van der Waals surface area contributed by atoms with Crippen LogP contribution >= 0.6 is 0 Å². The zero-order valence-electron chi connectivity index (χ0n) is 6.14. The van der Waals surface area contributed by atoms with Gasteiger partial charge in [-0.15, -0.1) is 0 Å². The quantitative estimate of drug-likeness (QED) is 0.545. The molecule has 0 saturated carbocycles. The fourth-order valence-corrected chi connectivity index (χ4v) is 0.481. The van der Waals surface area contributed by atoms with E-state index in [9.17, 15) is 0 Å². The Kier molecular flexibility index (Phi) is 5.93. The minimum atomic E-state index is 0.504. The fraction of sp³-hybridized carbons (Fsp3) is 0.833. The first-order valence-corrected chi connectivity index (χ1v) is 2.71. The largest absolute Gasteiger partial charge is 0.381 e. The second-order valence-corrected chi connectivity index (χ2v) is 1.61. The summed E-state index contributed by atoms with van der Waals surface area (Å²) in [6, 6.07) is 0. The first-order chi connectivity index (χ1) is 4.35. The van der Waals surface area contributed by atoms with Gasteiger partial charge in [0.1, 0.15) is 6.10 Å². The molecule has 0 aliphatic carbocycles. The predicted molar refractivity (Wildman–Crippen MR) is 34.0 cm³/mol. The summed E-state index contributed by atoms with van der Waals surface area (Å²) in [5, 5.41) is 0. The fourth-order valence-electron chi connectivity index (χ4n) is 0.481. The number of rotatable bonds is 5.